The Labute approximate surface area is 273 Å². The molecular formula is C37H40N6O4. The van der Waals surface area contributed by atoms with E-state index in [2.05, 4.69) is 21.2 Å². The number of benzene rings is 3. The molecule has 47 heavy (non-hydrogen) atoms. The highest BCUT2D eigenvalue weighted by atomic mass is 16.3. The average Bonchev–Trinajstić information content (AvgIpc) is 3.72. The molecule has 0 aliphatic heterocycles. The number of aromatic amines is 1. The molecule has 2 atom stereocenters. The summed E-state index contributed by atoms with van der Waals surface area (Å²) in [6.07, 6.45) is 5.74. The fraction of sp³-hybridized carbons (Fsp3) is 0.270. The van der Waals surface area contributed by atoms with E-state index in [9.17, 15) is 20.4 Å². The van der Waals surface area contributed by atoms with Crippen molar-refractivity contribution in [2.24, 2.45) is 0 Å². The van der Waals surface area contributed by atoms with Gasteiger partial charge in [-0.15, -0.1) is 0 Å². The maximum Gasteiger partial charge on any atom is 0.123 e. The number of aryl methyl sites for hydroxylation is 1. The van der Waals surface area contributed by atoms with Gasteiger partial charge in [0.05, 0.1) is 41.9 Å². The van der Waals surface area contributed by atoms with Crippen LogP contribution in [0.15, 0.2) is 85.6 Å². The highest BCUT2D eigenvalue weighted by Crippen LogP contribution is 2.32. The number of nitrogens with one attached hydrogen (secondary N) is 1. The number of hydrogen-bond donors (Lipinski definition) is 5. The summed E-state index contributed by atoms with van der Waals surface area (Å²) in [5.74, 6) is 0.387. The number of aromatic nitrogens is 6. The van der Waals surface area contributed by atoms with Crippen LogP contribution in [-0.4, -0.2) is 61.9 Å². The molecule has 6 rings (SSSR count). The molecule has 5 N–H and O–H groups in total. The molecule has 0 fully saturated rings. The van der Waals surface area contributed by atoms with Crippen molar-refractivity contribution in [1.82, 2.24) is 29.3 Å². The number of aromatic hydroxyl groups is 2. The molecule has 3 heterocycles. The Morgan fingerprint density at radius 3 is 2.13 bits per heavy atom. The van der Waals surface area contributed by atoms with Crippen LogP contribution in [0.3, 0.4) is 0 Å². The molecule has 0 aliphatic carbocycles. The minimum absolute atomic E-state index is 0.174. The summed E-state index contributed by atoms with van der Waals surface area (Å²) in [6, 6.07) is 20.9. The van der Waals surface area contributed by atoms with E-state index in [4.69, 9.17) is 4.98 Å². The Morgan fingerprint density at radius 1 is 0.745 bits per heavy atom. The third-order valence-corrected chi connectivity index (χ3v) is 8.33. The average molecular weight is 633 g/mol. The van der Waals surface area contributed by atoms with Crippen molar-refractivity contribution >= 4 is 0 Å². The van der Waals surface area contributed by atoms with E-state index >= 15 is 0 Å². The second-order valence-electron chi connectivity index (χ2n) is 12.3. The zero-order chi connectivity index (χ0) is 33.1. The smallest absolute Gasteiger partial charge is 0.123 e. The second kappa shape index (κ2) is 13.7. The van der Waals surface area contributed by atoms with Gasteiger partial charge in [0, 0.05) is 61.1 Å². The molecule has 0 saturated heterocycles. The van der Waals surface area contributed by atoms with Crippen molar-refractivity contribution in [2.75, 3.05) is 0 Å². The molecule has 10 nitrogen and oxygen atoms in total. The molecule has 3 aromatic heterocycles. The predicted octanol–water partition coefficient (Wildman–Crippen LogP) is 5.39. The second-order valence-corrected chi connectivity index (χ2v) is 12.3. The zero-order valence-corrected chi connectivity index (χ0v) is 26.8. The van der Waals surface area contributed by atoms with Gasteiger partial charge in [0.25, 0.3) is 0 Å². The highest BCUT2D eigenvalue weighted by Gasteiger charge is 2.19. The van der Waals surface area contributed by atoms with Crippen LogP contribution < -0.4 is 0 Å². The number of aliphatic hydroxyl groups is 2. The molecule has 242 valence electrons. The maximum atomic E-state index is 11.2. The SMILES string of the molecule is Cc1n[nH]cc1-c1ncn(Cc2ccc(-c3cccc(Cc4ncn(Cc5cccc(O)c5)c4CC(C)O)c3)c(O)c2)c1CC(C)O. The first-order chi connectivity index (χ1) is 22.6. The van der Waals surface area contributed by atoms with Crippen LogP contribution in [-0.2, 0) is 32.4 Å². The lowest BCUT2D eigenvalue weighted by molar-refractivity contribution is 0.192. The molecule has 0 radical (unpaired) electrons. The van der Waals surface area contributed by atoms with Gasteiger partial charge >= 0.3 is 0 Å². The third-order valence-electron chi connectivity index (χ3n) is 8.33. The van der Waals surface area contributed by atoms with Crippen LogP contribution >= 0.6 is 0 Å². The lowest BCUT2D eigenvalue weighted by Crippen LogP contribution is -2.13. The molecular weight excluding hydrogens is 592 g/mol. The summed E-state index contributed by atoms with van der Waals surface area (Å²) in [4.78, 5) is 9.36. The molecule has 2 unspecified atom stereocenters. The quantitative estimate of drug-likeness (QED) is 0.122. The molecule has 0 amide bonds. The summed E-state index contributed by atoms with van der Waals surface area (Å²) in [6.45, 7) is 6.46. The Kier molecular flexibility index (Phi) is 9.24. The van der Waals surface area contributed by atoms with Gasteiger partial charge in [-0.2, -0.15) is 5.10 Å². The van der Waals surface area contributed by atoms with Crippen LogP contribution in [0.25, 0.3) is 22.4 Å². The standard InChI is InChI=1S/C37H40N6O4/c1-23(44)12-34-33(38-21-42(34)19-27-7-5-9-30(46)15-27)16-26-6-4-8-29(14-26)31-11-10-28(17-36(31)47)20-43-22-39-37(35(43)13-24(2)45)32-18-40-41-25(32)3/h4-11,14-15,17-18,21-24,44-47H,12-13,16,19-20H2,1-3H3,(H,40,41). The molecule has 6 aromatic rings. The summed E-state index contributed by atoms with van der Waals surface area (Å²) in [7, 11) is 0. The first kappa shape index (κ1) is 31.8. The number of phenolic OH excluding ortho intramolecular Hbond substituents is 2. The number of hydrogen-bond acceptors (Lipinski definition) is 7. The van der Waals surface area contributed by atoms with Crippen molar-refractivity contribution < 1.29 is 20.4 Å². The lowest BCUT2D eigenvalue weighted by Gasteiger charge is -2.14. The Morgan fingerprint density at radius 2 is 1.43 bits per heavy atom. The van der Waals surface area contributed by atoms with Crippen LogP contribution in [0, 0.1) is 6.92 Å². The number of imidazole rings is 2. The Hall–Kier alpha value is -5.19. The molecule has 10 heteroatoms. The van der Waals surface area contributed by atoms with E-state index in [1.807, 2.05) is 64.7 Å². The number of aliphatic hydroxyl groups excluding tert-OH is 2. The van der Waals surface area contributed by atoms with E-state index in [1.165, 1.54) is 0 Å². The van der Waals surface area contributed by atoms with E-state index in [0.717, 1.165) is 61.9 Å². The van der Waals surface area contributed by atoms with Crippen LogP contribution in [0.4, 0.5) is 0 Å². The zero-order valence-electron chi connectivity index (χ0n) is 26.8. The fourth-order valence-electron chi connectivity index (χ4n) is 6.12. The third kappa shape index (κ3) is 7.29. The van der Waals surface area contributed by atoms with Gasteiger partial charge in [-0.05, 0) is 61.2 Å². The fourth-order valence-corrected chi connectivity index (χ4v) is 6.12. The normalized spacial score (nSPS) is 12.8. The summed E-state index contributed by atoms with van der Waals surface area (Å²) in [5, 5.41) is 48.7. The predicted molar refractivity (Wildman–Crippen MR) is 180 cm³/mol. The summed E-state index contributed by atoms with van der Waals surface area (Å²) < 4.78 is 4.03. The van der Waals surface area contributed by atoms with E-state index in [1.54, 1.807) is 44.7 Å². The first-order valence-electron chi connectivity index (χ1n) is 15.8. The van der Waals surface area contributed by atoms with Gasteiger partial charge in [0.2, 0.25) is 0 Å². The largest absolute Gasteiger partial charge is 0.508 e. The van der Waals surface area contributed by atoms with Gasteiger partial charge in [-0.25, -0.2) is 9.97 Å². The lowest BCUT2D eigenvalue weighted by atomic mass is 9.98. The number of H-pyrrole nitrogens is 1. The van der Waals surface area contributed by atoms with Gasteiger partial charge in [-0.3, -0.25) is 5.10 Å². The van der Waals surface area contributed by atoms with Gasteiger partial charge in [0.15, 0.2) is 0 Å². The monoisotopic (exact) mass is 632 g/mol. The van der Waals surface area contributed by atoms with Crippen LogP contribution in [0.1, 0.15) is 53.3 Å². The van der Waals surface area contributed by atoms with Crippen molar-refractivity contribution in [3.8, 4) is 33.9 Å². The number of rotatable bonds is 12. The molecule has 0 aliphatic rings. The molecule has 0 saturated carbocycles. The molecule has 3 aromatic carbocycles. The van der Waals surface area contributed by atoms with Gasteiger partial charge < -0.3 is 29.6 Å². The van der Waals surface area contributed by atoms with Crippen molar-refractivity contribution in [1.29, 1.82) is 0 Å². The summed E-state index contributed by atoms with van der Waals surface area (Å²) >= 11 is 0. The van der Waals surface area contributed by atoms with Crippen molar-refractivity contribution in [2.45, 2.75) is 65.3 Å². The number of nitrogens with zero attached hydrogens (tertiary/aromatic N) is 5. The van der Waals surface area contributed by atoms with E-state index in [-0.39, 0.29) is 11.5 Å². The van der Waals surface area contributed by atoms with Crippen molar-refractivity contribution in [3.63, 3.8) is 0 Å². The number of phenols is 2. The highest BCUT2D eigenvalue weighted by molar-refractivity contribution is 5.71. The minimum atomic E-state index is -0.547. The van der Waals surface area contributed by atoms with Crippen LogP contribution in [0.2, 0.25) is 0 Å². The van der Waals surface area contributed by atoms with Crippen LogP contribution in [0.5, 0.6) is 11.5 Å². The van der Waals surface area contributed by atoms with Gasteiger partial charge in [0.1, 0.15) is 11.5 Å². The topological polar surface area (TPSA) is 145 Å². The Balaban J connectivity index is 1.23. The summed E-state index contributed by atoms with van der Waals surface area (Å²) in [5.41, 5.74) is 9.74. The maximum absolute atomic E-state index is 11.2. The minimum Gasteiger partial charge on any atom is -0.508 e. The molecule has 0 spiro atoms. The molecule has 0 bridgehead atoms. The van der Waals surface area contributed by atoms with E-state index in [0.29, 0.717) is 32.4 Å². The van der Waals surface area contributed by atoms with E-state index < -0.39 is 12.2 Å². The van der Waals surface area contributed by atoms with Gasteiger partial charge in [-0.1, -0.05) is 48.5 Å². The first-order valence-corrected chi connectivity index (χ1v) is 15.8. The Bertz CT molecular complexity index is 1990. The van der Waals surface area contributed by atoms with Crippen molar-refractivity contribution in [3.05, 3.63) is 125 Å².